The van der Waals surface area contributed by atoms with E-state index in [1.807, 2.05) is 6.92 Å². The number of aromatic nitrogens is 2. The first-order valence-electron chi connectivity index (χ1n) is 5.80. The van der Waals surface area contributed by atoms with Crippen molar-refractivity contribution < 1.29 is 18.3 Å². The summed E-state index contributed by atoms with van der Waals surface area (Å²) >= 11 is 0. The van der Waals surface area contributed by atoms with Crippen molar-refractivity contribution in [3.05, 3.63) is 23.3 Å². The van der Waals surface area contributed by atoms with Gasteiger partial charge in [-0.15, -0.1) is 0 Å². The molecule has 1 aromatic heterocycles. The zero-order valence-electron chi connectivity index (χ0n) is 10.2. The Labute approximate surface area is 103 Å². The van der Waals surface area contributed by atoms with E-state index in [2.05, 4.69) is 9.97 Å². The Morgan fingerprint density at radius 3 is 2.72 bits per heavy atom. The summed E-state index contributed by atoms with van der Waals surface area (Å²) in [7, 11) is 0. The molecule has 18 heavy (non-hydrogen) atoms. The molecular formula is C12H14F2N2O2. The molecular weight excluding hydrogens is 242 g/mol. The third kappa shape index (κ3) is 2.32. The molecule has 0 aliphatic heterocycles. The Morgan fingerprint density at radius 1 is 1.56 bits per heavy atom. The number of hydrogen-bond acceptors (Lipinski definition) is 4. The van der Waals surface area contributed by atoms with E-state index in [9.17, 15) is 13.6 Å². The number of hydrogen-bond donors (Lipinski definition) is 0. The largest absolute Gasteiger partial charge is 0.462 e. The fraction of sp³-hybridized carbons (Fsp3) is 0.583. The topological polar surface area (TPSA) is 52.1 Å². The Balaban J connectivity index is 2.38. The molecule has 0 unspecified atom stereocenters. The van der Waals surface area contributed by atoms with E-state index < -0.39 is 18.1 Å². The molecule has 1 aliphatic carbocycles. The summed E-state index contributed by atoms with van der Waals surface area (Å²) in [6.45, 7) is 3.66. The van der Waals surface area contributed by atoms with Crippen LogP contribution in [0, 0.1) is 0 Å². The molecule has 98 valence electrons. The molecule has 6 heteroatoms. The van der Waals surface area contributed by atoms with Gasteiger partial charge in [0.2, 0.25) is 0 Å². The number of carbonyl (C=O) groups excluding carboxylic acids is 1. The van der Waals surface area contributed by atoms with Crippen LogP contribution in [0.1, 0.15) is 55.0 Å². The van der Waals surface area contributed by atoms with Crippen molar-refractivity contribution in [2.75, 3.05) is 6.61 Å². The van der Waals surface area contributed by atoms with Crippen LogP contribution < -0.4 is 0 Å². The molecule has 0 spiro atoms. The predicted octanol–water partition coefficient (Wildman–Crippen LogP) is 2.64. The molecule has 1 aromatic rings. The van der Waals surface area contributed by atoms with Crippen LogP contribution in [0.2, 0.25) is 0 Å². The van der Waals surface area contributed by atoms with Gasteiger partial charge in [0.1, 0.15) is 17.1 Å². The maximum atomic E-state index is 12.9. The number of carbonyl (C=O) groups is 1. The van der Waals surface area contributed by atoms with E-state index in [-0.39, 0.29) is 17.6 Å². The zero-order valence-corrected chi connectivity index (χ0v) is 10.2. The van der Waals surface area contributed by atoms with Gasteiger partial charge in [-0.2, -0.15) is 0 Å². The summed E-state index contributed by atoms with van der Waals surface area (Å²) in [6, 6.07) is 0. The number of nitrogens with zero attached hydrogens (tertiary/aromatic N) is 2. The van der Waals surface area contributed by atoms with Gasteiger partial charge in [-0.1, -0.05) is 6.92 Å². The normalized spacial score (nSPS) is 16.7. The first-order valence-corrected chi connectivity index (χ1v) is 5.80. The van der Waals surface area contributed by atoms with E-state index >= 15 is 0 Å². The van der Waals surface area contributed by atoms with Gasteiger partial charge in [-0.05, 0) is 19.8 Å². The fourth-order valence-corrected chi connectivity index (χ4v) is 1.63. The molecule has 0 radical (unpaired) electrons. The molecule has 0 bridgehead atoms. The van der Waals surface area contributed by atoms with Crippen molar-refractivity contribution in [1.29, 1.82) is 0 Å². The van der Waals surface area contributed by atoms with Gasteiger partial charge in [0.15, 0.2) is 0 Å². The minimum Gasteiger partial charge on any atom is -0.462 e. The Hall–Kier alpha value is -1.59. The minimum absolute atomic E-state index is 0.126. The Kier molecular flexibility index (Phi) is 3.28. The molecule has 2 rings (SSSR count). The van der Waals surface area contributed by atoms with Crippen molar-refractivity contribution in [2.24, 2.45) is 0 Å². The second kappa shape index (κ2) is 4.59. The van der Waals surface area contributed by atoms with Gasteiger partial charge in [-0.3, -0.25) is 0 Å². The van der Waals surface area contributed by atoms with E-state index in [4.69, 9.17) is 4.74 Å². The molecule has 0 N–H and O–H groups in total. The predicted molar refractivity (Wildman–Crippen MR) is 59.5 cm³/mol. The van der Waals surface area contributed by atoms with Gasteiger partial charge < -0.3 is 4.74 Å². The molecule has 0 amide bonds. The van der Waals surface area contributed by atoms with Gasteiger partial charge in [-0.25, -0.2) is 23.5 Å². The van der Waals surface area contributed by atoms with Crippen LogP contribution in [0.5, 0.6) is 0 Å². The van der Waals surface area contributed by atoms with Crippen LogP contribution in [0.15, 0.2) is 6.20 Å². The summed E-state index contributed by atoms with van der Waals surface area (Å²) in [5.74, 6) is -0.425. The zero-order chi connectivity index (χ0) is 13.3. The fourth-order valence-electron chi connectivity index (χ4n) is 1.63. The molecule has 0 atom stereocenters. The average molecular weight is 256 g/mol. The lowest BCUT2D eigenvalue weighted by atomic mass is 10.1. The first kappa shape index (κ1) is 12.9. The monoisotopic (exact) mass is 256 g/mol. The van der Waals surface area contributed by atoms with Crippen molar-refractivity contribution in [3.8, 4) is 0 Å². The van der Waals surface area contributed by atoms with Crippen LogP contribution in [-0.2, 0) is 10.2 Å². The third-order valence-electron chi connectivity index (χ3n) is 3.06. The number of alkyl halides is 2. The number of esters is 1. The molecule has 1 fully saturated rings. The van der Waals surface area contributed by atoms with Gasteiger partial charge in [0.05, 0.1) is 6.61 Å². The highest BCUT2D eigenvalue weighted by molar-refractivity contribution is 5.90. The summed E-state index contributed by atoms with van der Waals surface area (Å²) < 4.78 is 30.5. The second-order valence-electron chi connectivity index (χ2n) is 4.57. The van der Waals surface area contributed by atoms with Crippen molar-refractivity contribution in [1.82, 2.24) is 9.97 Å². The molecule has 4 nitrogen and oxygen atoms in total. The Bertz CT molecular complexity index is 473. The van der Waals surface area contributed by atoms with Gasteiger partial charge in [0, 0.05) is 11.6 Å². The lowest BCUT2D eigenvalue weighted by Crippen LogP contribution is -2.15. The molecule has 1 aliphatic rings. The summed E-state index contributed by atoms with van der Waals surface area (Å²) in [4.78, 5) is 19.4. The Morgan fingerprint density at radius 2 is 2.22 bits per heavy atom. The second-order valence-corrected chi connectivity index (χ2v) is 4.57. The molecule has 0 aromatic carbocycles. The van der Waals surface area contributed by atoms with Crippen molar-refractivity contribution in [2.45, 2.75) is 38.5 Å². The molecule has 0 saturated heterocycles. The van der Waals surface area contributed by atoms with E-state index in [0.29, 0.717) is 5.82 Å². The number of ether oxygens (including phenoxy) is 1. The standard InChI is InChI=1S/C12H14F2N2O2/c1-3-18-10(17)7-6-15-11(12(2)4-5-12)16-8(7)9(13)14/h6,9H,3-5H2,1-2H3. The smallest absolute Gasteiger partial charge is 0.341 e. The van der Waals surface area contributed by atoms with E-state index in [0.717, 1.165) is 19.0 Å². The average Bonchev–Trinajstić information content (AvgIpc) is 3.08. The lowest BCUT2D eigenvalue weighted by Gasteiger charge is -2.11. The van der Waals surface area contributed by atoms with Gasteiger partial charge >= 0.3 is 5.97 Å². The molecule has 1 saturated carbocycles. The van der Waals surface area contributed by atoms with Crippen molar-refractivity contribution in [3.63, 3.8) is 0 Å². The van der Waals surface area contributed by atoms with Gasteiger partial charge in [0.25, 0.3) is 6.43 Å². The van der Waals surface area contributed by atoms with E-state index in [1.165, 1.54) is 0 Å². The minimum atomic E-state index is -2.81. The third-order valence-corrected chi connectivity index (χ3v) is 3.06. The summed E-state index contributed by atoms with van der Waals surface area (Å²) in [5.41, 5.74) is -0.997. The lowest BCUT2D eigenvalue weighted by molar-refractivity contribution is 0.0512. The van der Waals surface area contributed by atoms with Crippen LogP contribution in [0.3, 0.4) is 0 Å². The highest BCUT2D eigenvalue weighted by Crippen LogP contribution is 2.46. The maximum absolute atomic E-state index is 12.9. The first-order chi connectivity index (χ1) is 8.48. The number of rotatable bonds is 4. The highest BCUT2D eigenvalue weighted by atomic mass is 19.3. The summed E-state index contributed by atoms with van der Waals surface area (Å²) in [5, 5.41) is 0. The van der Waals surface area contributed by atoms with Crippen LogP contribution in [0.4, 0.5) is 8.78 Å². The molecule has 1 heterocycles. The van der Waals surface area contributed by atoms with E-state index in [1.54, 1.807) is 6.92 Å². The quantitative estimate of drug-likeness (QED) is 0.777. The highest BCUT2D eigenvalue weighted by Gasteiger charge is 2.42. The van der Waals surface area contributed by atoms with Crippen LogP contribution in [0.25, 0.3) is 0 Å². The van der Waals surface area contributed by atoms with Crippen molar-refractivity contribution >= 4 is 5.97 Å². The SMILES string of the molecule is CCOC(=O)c1cnc(C2(C)CC2)nc1C(F)F. The maximum Gasteiger partial charge on any atom is 0.341 e. The summed E-state index contributed by atoms with van der Waals surface area (Å²) in [6.07, 6.45) is 0.0994. The van der Waals surface area contributed by atoms with Crippen LogP contribution >= 0.6 is 0 Å². The van der Waals surface area contributed by atoms with Crippen LogP contribution in [-0.4, -0.2) is 22.5 Å². The number of halogens is 2.